The van der Waals surface area contributed by atoms with Crippen molar-refractivity contribution in [3.8, 4) is 0 Å². The molecule has 0 aromatic carbocycles. The number of methoxy groups -OCH3 is 2. The lowest BCUT2D eigenvalue weighted by atomic mass is 10.1. The first-order valence-corrected chi connectivity index (χ1v) is 6.15. The first kappa shape index (κ1) is 12.8. The van der Waals surface area contributed by atoms with E-state index in [0.717, 1.165) is 21.5 Å². The molecular formula is C12H14N2O3S. The zero-order valence-corrected chi connectivity index (χ0v) is 11.3. The summed E-state index contributed by atoms with van der Waals surface area (Å²) in [6.45, 7) is 2.33. The average molecular weight is 266 g/mol. The van der Waals surface area contributed by atoms with Crippen LogP contribution in [-0.4, -0.2) is 25.2 Å². The first-order chi connectivity index (χ1) is 8.58. The Morgan fingerprint density at radius 1 is 1.50 bits per heavy atom. The normalized spacial score (nSPS) is 10.8. The number of rotatable bonds is 3. The van der Waals surface area contributed by atoms with E-state index in [-0.39, 0.29) is 0 Å². The number of hydrogen-bond acceptors (Lipinski definition) is 6. The number of carbonyl (C=O) groups excluding carboxylic acids is 1. The molecule has 2 heterocycles. The summed E-state index contributed by atoms with van der Waals surface area (Å²) in [7, 11) is 2.95. The largest absolute Gasteiger partial charge is 0.465 e. The van der Waals surface area contributed by atoms with Gasteiger partial charge in [0.25, 0.3) is 0 Å². The van der Waals surface area contributed by atoms with Crippen molar-refractivity contribution in [3.63, 3.8) is 0 Å². The number of hydrogen-bond donors (Lipinski definition) is 1. The molecule has 0 aliphatic rings. The zero-order chi connectivity index (χ0) is 13.3. The lowest BCUT2D eigenvalue weighted by Crippen LogP contribution is -2.02. The van der Waals surface area contributed by atoms with Gasteiger partial charge >= 0.3 is 5.97 Å². The fourth-order valence-corrected chi connectivity index (χ4v) is 2.96. The Morgan fingerprint density at radius 3 is 2.83 bits per heavy atom. The van der Waals surface area contributed by atoms with Crippen molar-refractivity contribution in [2.75, 3.05) is 20.0 Å². The highest BCUT2D eigenvalue weighted by Gasteiger charge is 2.20. The Hall–Kier alpha value is -1.66. The molecule has 0 amide bonds. The Balaban J connectivity index is 2.71. The molecule has 0 saturated carbocycles. The maximum Gasteiger partial charge on any atom is 0.350 e. The van der Waals surface area contributed by atoms with E-state index in [1.165, 1.54) is 18.4 Å². The lowest BCUT2D eigenvalue weighted by Gasteiger charge is -2.04. The highest BCUT2D eigenvalue weighted by molar-refractivity contribution is 7.21. The Bertz CT molecular complexity index is 607. The van der Waals surface area contributed by atoms with Gasteiger partial charge in [-0.15, -0.1) is 11.3 Å². The van der Waals surface area contributed by atoms with Gasteiger partial charge in [0.15, 0.2) is 0 Å². The third-order valence-electron chi connectivity index (χ3n) is 2.58. The lowest BCUT2D eigenvalue weighted by molar-refractivity contribution is 0.0607. The van der Waals surface area contributed by atoms with Gasteiger partial charge in [-0.2, -0.15) is 0 Å². The van der Waals surface area contributed by atoms with Gasteiger partial charge in [-0.05, 0) is 18.6 Å². The highest BCUT2D eigenvalue weighted by atomic mass is 32.1. The smallest absolute Gasteiger partial charge is 0.350 e. The van der Waals surface area contributed by atoms with E-state index < -0.39 is 5.97 Å². The molecule has 2 aromatic rings. The van der Waals surface area contributed by atoms with Crippen LogP contribution in [0.1, 0.15) is 20.9 Å². The number of aromatic nitrogens is 1. The molecule has 18 heavy (non-hydrogen) atoms. The number of carbonyl (C=O) groups is 1. The molecule has 2 N–H and O–H groups in total. The van der Waals surface area contributed by atoms with Crippen LogP contribution in [0.4, 0.5) is 5.69 Å². The van der Waals surface area contributed by atoms with Crippen molar-refractivity contribution >= 4 is 33.2 Å². The van der Waals surface area contributed by atoms with Crippen LogP contribution in [0.2, 0.25) is 0 Å². The third kappa shape index (κ3) is 2.04. The fraction of sp³-hybridized carbons (Fsp3) is 0.333. The van der Waals surface area contributed by atoms with Gasteiger partial charge in [-0.25, -0.2) is 9.78 Å². The number of nitrogen functional groups attached to an aromatic ring is 1. The van der Waals surface area contributed by atoms with Gasteiger partial charge in [-0.3, -0.25) is 0 Å². The molecule has 0 saturated heterocycles. The SMILES string of the molecule is COCc1cc(C)nc2sc(C(=O)OC)c(N)c12. The van der Waals surface area contributed by atoms with Gasteiger partial charge in [0, 0.05) is 18.2 Å². The van der Waals surface area contributed by atoms with E-state index in [1.54, 1.807) is 7.11 Å². The second-order valence-electron chi connectivity index (χ2n) is 3.87. The molecular weight excluding hydrogens is 252 g/mol. The monoisotopic (exact) mass is 266 g/mol. The summed E-state index contributed by atoms with van der Waals surface area (Å²) in [6.07, 6.45) is 0. The Morgan fingerprint density at radius 2 is 2.22 bits per heavy atom. The molecule has 0 unspecified atom stereocenters. The summed E-state index contributed by atoms with van der Waals surface area (Å²) < 4.78 is 9.86. The fourth-order valence-electron chi connectivity index (χ4n) is 1.85. The molecule has 2 aromatic heterocycles. The minimum Gasteiger partial charge on any atom is -0.465 e. The van der Waals surface area contributed by atoms with Gasteiger partial charge in [-0.1, -0.05) is 0 Å². The molecule has 96 valence electrons. The molecule has 0 atom stereocenters. The van der Waals surface area contributed by atoms with Crippen LogP contribution in [-0.2, 0) is 16.1 Å². The van der Waals surface area contributed by atoms with Gasteiger partial charge in [0.05, 0.1) is 19.4 Å². The molecule has 0 radical (unpaired) electrons. The Kier molecular flexibility index (Phi) is 3.49. The van der Waals surface area contributed by atoms with Crippen molar-refractivity contribution in [1.82, 2.24) is 4.98 Å². The van der Waals surface area contributed by atoms with Crippen LogP contribution < -0.4 is 5.73 Å². The number of aryl methyl sites for hydroxylation is 1. The van der Waals surface area contributed by atoms with Crippen LogP contribution in [0, 0.1) is 6.92 Å². The van der Waals surface area contributed by atoms with Gasteiger partial charge < -0.3 is 15.2 Å². The standard InChI is InChI=1S/C12H14N2O3S/c1-6-4-7(5-16-2)8-9(13)10(12(15)17-3)18-11(8)14-6/h4H,5,13H2,1-3H3. The van der Waals surface area contributed by atoms with E-state index in [1.807, 2.05) is 13.0 Å². The van der Waals surface area contributed by atoms with Crippen molar-refractivity contribution in [2.45, 2.75) is 13.5 Å². The van der Waals surface area contributed by atoms with E-state index in [4.69, 9.17) is 15.2 Å². The molecule has 5 nitrogen and oxygen atoms in total. The number of ether oxygens (including phenoxy) is 2. The third-order valence-corrected chi connectivity index (χ3v) is 3.66. The van der Waals surface area contributed by atoms with E-state index in [2.05, 4.69) is 4.98 Å². The van der Waals surface area contributed by atoms with Crippen LogP contribution in [0.5, 0.6) is 0 Å². The average Bonchev–Trinajstić information content (AvgIpc) is 2.66. The number of pyridine rings is 1. The van der Waals surface area contributed by atoms with Gasteiger partial charge in [0.2, 0.25) is 0 Å². The van der Waals surface area contributed by atoms with Crippen molar-refractivity contribution in [1.29, 1.82) is 0 Å². The van der Waals surface area contributed by atoms with E-state index in [0.29, 0.717) is 17.2 Å². The summed E-state index contributed by atoms with van der Waals surface area (Å²) in [5.74, 6) is -0.434. The summed E-state index contributed by atoms with van der Waals surface area (Å²) in [5, 5.41) is 0.785. The molecule has 2 rings (SSSR count). The number of anilines is 1. The van der Waals surface area contributed by atoms with Crippen molar-refractivity contribution in [3.05, 3.63) is 22.2 Å². The second-order valence-corrected chi connectivity index (χ2v) is 4.87. The molecule has 0 bridgehead atoms. The maximum atomic E-state index is 11.6. The summed E-state index contributed by atoms with van der Waals surface area (Å²) in [4.78, 5) is 17.1. The second kappa shape index (κ2) is 4.91. The summed E-state index contributed by atoms with van der Waals surface area (Å²) in [6, 6.07) is 1.91. The van der Waals surface area contributed by atoms with E-state index in [9.17, 15) is 4.79 Å². The van der Waals surface area contributed by atoms with Gasteiger partial charge in [0.1, 0.15) is 9.71 Å². The minimum atomic E-state index is -0.434. The minimum absolute atomic E-state index is 0.392. The summed E-state index contributed by atoms with van der Waals surface area (Å²) in [5.41, 5.74) is 8.23. The number of nitrogens with zero attached hydrogens (tertiary/aromatic N) is 1. The predicted octanol–water partition coefficient (Wildman–Crippen LogP) is 2.12. The van der Waals surface area contributed by atoms with Crippen LogP contribution in [0.3, 0.4) is 0 Å². The number of thiophene rings is 1. The maximum absolute atomic E-state index is 11.6. The number of esters is 1. The quantitative estimate of drug-likeness (QED) is 0.861. The van der Waals surface area contributed by atoms with E-state index >= 15 is 0 Å². The van der Waals surface area contributed by atoms with Crippen LogP contribution in [0.25, 0.3) is 10.2 Å². The molecule has 0 fully saturated rings. The van der Waals surface area contributed by atoms with Crippen molar-refractivity contribution in [2.24, 2.45) is 0 Å². The zero-order valence-electron chi connectivity index (χ0n) is 10.4. The summed E-state index contributed by atoms with van der Waals surface area (Å²) >= 11 is 1.24. The highest BCUT2D eigenvalue weighted by Crippen LogP contribution is 2.35. The number of fused-ring (bicyclic) bond motifs is 1. The Labute approximate surface area is 109 Å². The molecule has 0 spiro atoms. The molecule has 0 aliphatic carbocycles. The predicted molar refractivity (Wildman–Crippen MR) is 70.8 cm³/mol. The van der Waals surface area contributed by atoms with Crippen LogP contribution >= 0.6 is 11.3 Å². The molecule has 0 aliphatic heterocycles. The van der Waals surface area contributed by atoms with Crippen LogP contribution in [0.15, 0.2) is 6.07 Å². The topological polar surface area (TPSA) is 74.4 Å². The van der Waals surface area contributed by atoms with Crippen molar-refractivity contribution < 1.29 is 14.3 Å². The first-order valence-electron chi connectivity index (χ1n) is 5.34. The number of nitrogens with two attached hydrogens (primary N) is 1. The molecule has 6 heteroatoms.